The van der Waals surface area contributed by atoms with E-state index in [-0.39, 0.29) is 12.3 Å². The summed E-state index contributed by atoms with van der Waals surface area (Å²) in [5, 5.41) is 8.75. The number of hydrogen-bond acceptors (Lipinski definition) is 3. The summed E-state index contributed by atoms with van der Waals surface area (Å²) in [5.41, 5.74) is 7.58. The maximum Gasteiger partial charge on any atom is 0.258 e. The van der Waals surface area contributed by atoms with Crippen LogP contribution in [-0.4, -0.2) is 12.5 Å². The Morgan fingerprint density at radius 2 is 1.75 bits per heavy atom. The molecule has 0 heterocycles. The third kappa shape index (κ3) is 3.15. The molecule has 0 aromatic heterocycles. The van der Waals surface area contributed by atoms with E-state index in [9.17, 15) is 4.79 Å². The standard InChI is InChI=1S/C16H15N3O/c17-11-4-12-19(15-5-2-1-3-6-15)16(20)13-7-9-14(18)10-8-13/h1-3,5-10H,4,12,18H2. The molecule has 0 aliphatic carbocycles. The van der Waals surface area contributed by atoms with Crippen LogP contribution in [0.4, 0.5) is 11.4 Å². The number of nitrogen functional groups attached to an aromatic ring is 1. The molecule has 0 aliphatic heterocycles. The van der Waals surface area contributed by atoms with Crippen molar-refractivity contribution < 1.29 is 4.79 Å². The Morgan fingerprint density at radius 3 is 2.35 bits per heavy atom. The van der Waals surface area contributed by atoms with E-state index < -0.39 is 0 Å². The predicted molar refractivity (Wildman–Crippen MR) is 79.2 cm³/mol. The molecule has 0 saturated carbocycles. The van der Waals surface area contributed by atoms with Gasteiger partial charge in [-0.25, -0.2) is 0 Å². The van der Waals surface area contributed by atoms with Crippen molar-refractivity contribution in [2.45, 2.75) is 6.42 Å². The molecule has 4 nitrogen and oxygen atoms in total. The number of carbonyl (C=O) groups is 1. The Morgan fingerprint density at radius 1 is 1.10 bits per heavy atom. The molecule has 0 bridgehead atoms. The molecule has 100 valence electrons. The van der Waals surface area contributed by atoms with Gasteiger partial charge in [-0.3, -0.25) is 4.79 Å². The molecule has 1 amide bonds. The number of benzene rings is 2. The molecule has 0 saturated heterocycles. The van der Waals surface area contributed by atoms with Crippen molar-refractivity contribution in [2.24, 2.45) is 0 Å². The van der Waals surface area contributed by atoms with Crippen LogP contribution in [-0.2, 0) is 0 Å². The highest BCUT2D eigenvalue weighted by atomic mass is 16.2. The molecule has 0 spiro atoms. The molecule has 2 N–H and O–H groups in total. The van der Waals surface area contributed by atoms with Gasteiger partial charge in [0.2, 0.25) is 0 Å². The van der Waals surface area contributed by atoms with Crippen LogP contribution in [0.2, 0.25) is 0 Å². The number of nitrogens with two attached hydrogens (primary N) is 1. The van der Waals surface area contributed by atoms with Gasteiger partial charge in [0.15, 0.2) is 0 Å². The van der Waals surface area contributed by atoms with Crippen LogP contribution in [0.15, 0.2) is 54.6 Å². The number of amides is 1. The lowest BCUT2D eigenvalue weighted by molar-refractivity contribution is 0.0987. The maximum absolute atomic E-state index is 12.5. The SMILES string of the molecule is N#CCCN(C(=O)c1ccc(N)cc1)c1ccccc1. The third-order valence-electron chi connectivity index (χ3n) is 2.92. The van der Waals surface area contributed by atoms with Crippen LogP contribution in [0.5, 0.6) is 0 Å². The molecule has 0 unspecified atom stereocenters. The molecule has 2 aromatic rings. The summed E-state index contributed by atoms with van der Waals surface area (Å²) in [7, 11) is 0. The highest BCUT2D eigenvalue weighted by Crippen LogP contribution is 2.18. The Hall–Kier alpha value is -2.80. The fourth-order valence-electron chi connectivity index (χ4n) is 1.90. The topological polar surface area (TPSA) is 70.1 Å². The number of nitriles is 1. The molecule has 0 radical (unpaired) electrons. The molecule has 2 rings (SSSR count). The average Bonchev–Trinajstić information content (AvgIpc) is 2.49. The molecule has 0 fully saturated rings. The van der Waals surface area contributed by atoms with Crippen LogP contribution in [0.1, 0.15) is 16.8 Å². The highest BCUT2D eigenvalue weighted by Gasteiger charge is 2.16. The maximum atomic E-state index is 12.5. The Kier molecular flexibility index (Phi) is 4.35. The van der Waals surface area contributed by atoms with E-state index >= 15 is 0 Å². The summed E-state index contributed by atoms with van der Waals surface area (Å²) >= 11 is 0. The lowest BCUT2D eigenvalue weighted by Gasteiger charge is -2.21. The van der Waals surface area contributed by atoms with Crippen molar-refractivity contribution in [3.8, 4) is 6.07 Å². The number of anilines is 2. The monoisotopic (exact) mass is 265 g/mol. The third-order valence-corrected chi connectivity index (χ3v) is 2.92. The van der Waals surface area contributed by atoms with Gasteiger partial charge in [-0.15, -0.1) is 0 Å². The average molecular weight is 265 g/mol. The molecule has 0 aliphatic rings. The van der Waals surface area contributed by atoms with Crippen molar-refractivity contribution >= 4 is 17.3 Å². The van der Waals surface area contributed by atoms with Crippen molar-refractivity contribution in [1.29, 1.82) is 5.26 Å². The summed E-state index contributed by atoms with van der Waals surface area (Å²) in [4.78, 5) is 14.1. The van der Waals surface area contributed by atoms with Crippen molar-refractivity contribution in [1.82, 2.24) is 0 Å². The molecule has 0 atom stereocenters. The predicted octanol–water partition coefficient (Wildman–Crippen LogP) is 2.83. The van der Waals surface area contributed by atoms with Crippen LogP contribution in [0.3, 0.4) is 0 Å². The summed E-state index contributed by atoms with van der Waals surface area (Å²) in [6.07, 6.45) is 0.287. The minimum Gasteiger partial charge on any atom is -0.399 e. The Bertz CT molecular complexity index is 614. The van der Waals surface area contributed by atoms with Gasteiger partial charge in [0.25, 0.3) is 5.91 Å². The second-order valence-corrected chi connectivity index (χ2v) is 4.32. The minimum absolute atomic E-state index is 0.133. The number of carbonyl (C=O) groups excluding carboxylic acids is 1. The van der Waals surface area contributed by atoms with Gasteiger partial charge < -0.3 is 10.6 Å². The van der Waals surface area contributed by atoms with Gasteiger partial charge in [-0.05, 0) is 36.4 Å². The van der Waals surface area contributed by atoms with E-state index in [2.05, 4.69) is 6.07 Å². The summed E-state index contributed by atoms with van der Waals surface area (Å²) in [5.74, 6) is -0.133. The smallest absolute Gasteiger partial charge is 0.258 e. The van der Waals surface area contributed by atoms with E-state index in [0.29, 0.717) is 17.8 Å². The number of para-hydroxylation sites is 1. The lowest BCUT2D eigenvalue weighted by Crippen LogP contribution is -2.31. The summed E-state index contributed by atoms with van der Waals surface area (Å²) in [6, 6.07) is 18.2. The van der Waals surface area contributed by atoms with E-state index in [1.165, 1.54) is 0 Å². The zero-order chi connectivity index (χ0) is 14.4. The molecule has 20 heavy (non-hydrogen) atoms. The van der Waals surface area contributed by atoms with E-state index in [4.69, 9.17) is 11.0 Å². The van der Waals surface area contributed by atoms with E-state index in [1.807, 2.05) is 30.3 Å². The number of rotatable bonds is 4. The molecular weight excluding hydrogens is 250 g/mol. The number of nitrogens with zero attached hydrogens (tertiary/aromatic N) is 2. The molecule has 4 heteroatoms. The Balaban J connectivity index is 2.29. The van der Waals surface area contributed by atoms with Gasteiger partial charge in [0.1, 0.15) is 0 Å². The van der Waals surface area contributed by atoms with Gasteiger partial charge in [0, 0.05) is 23.5 Å². The lowest BCUT2D eigenvalue weighted by atomic mass is 10.1. The quantitative estimate of drug-likeness (QED) is 0.864. The van der Waals surface area contributed by atoms with E-state index in [1.54, 1.807) is 29.2 Å². The van der Waals surface area contributed by atoms with Crippen LogP contribution >= 0.6 is 0 Å². The van der Waals surface area contributed by atoms with Gasteiger partial charge in [-0.1, -0.05) is 18.2 Å². The fourth-order valence-corrected chi connectivity index (χ4v) is 1.90. The first-order valence-electron chi connectivity index (χ1n) is 6.32. The second-order valence-electron chi connectivity index (χ2n) is 4.32. The van der Waals surface area contributed by atoms with Crippen LogP contribution in [0, 0.1) is 11.3 Å². The Labute approximate surface area is 118 Å². The first-order valence-corrected chi connectivity index (χ1v) is 6.32. The van der Waals surface area contributed by atoms with Crippen molar-refractivity contribution in [3.05, 3.63) is 60.2 Å². The first-order chi connectivity index (χ1) is 9.72. The molecule has 2 aromatic carbocycles. The minimum atomic E-state index is -0.133. The van der Waals surface area contributed by atoms with Gasteiger partial charge >= 0.3 is 0 Å². The van der Waals surface area contributed by atoms with E-state index in [0.717, 1.165) is 5.69 Å². The van der Waals surface area contributed by atoms with Crippen molar-refractivity contribution in [3.63, 3.8) is 0 Å². The fraction of sp³-hybridized carbons (Fsp3) is 0.125. The largest absolute Gasteiger partial charge is 0.399 e. The first kappa shape index (κ1) is 13.6. The summed E-state index contributed by atoms with van der Waals surface area (Å²) in [6.45, 7) is 0.365. The van der Waals surface area contributed by atoms with Crippen molar-refractivity contribution in [2.75, 3.05) is 17.2 Å². The zero-order valence-electron chi connectivity index (χ0n) is 11.0. The zero-order valence-corrected chi connectivity index (χ0v) is 11.0. The number of hydrogen-bond donors (Lipinski definition) is 1. The van der Waals surface area contributed by atoms with Crippen LogP contribution in [0.25, 0.3) is 0 Å². The molecular formula is C16H15N3O. The summed E-state index contributed by atoms with van der Waals surface area (Å²) < 4.78 is 0. The normalized spacial score (nSPS) is 9.75. The second kappa shape index (κ2) is 6.39. The highest BCUT2D eigenvalue weighted by molar-refractivity contribution is 6.06. The van der Waals surface area contributed by atoms with Gasteiger partial charge in [0.05, 0.1) is 12.5 Å². The van der Waals surface area contributed by atoms with Gasteiger partial charge in [-0.2, -0.15) is 5.26 Å². The van der Waals surface area contributed by atoms with Crippen LogP contribution < -0.4 is 10.6 Å².